The van der Waals surface area contributed by atoms with E-state index in [1.165, 1.54) is 11.1 Å². The van der Waals surface area contributed by atoms with E-state index in [0.717, 1.165) is 34.0 Å². The molecule has 0 aliphatic carbocycles. The molecule has 148 valence electrons. The van der Waals surface area contributed by atoms with Crippen molar-refractivity contribution in [3.63, 3.8) is 0 Å². The van der Waals surface area contributed by atoms with E-state index in [4.69, 9.17) is 4.98 Å². The Morgan fingerprint density at radius 3 is 2.45 bits per heavy atom. The molecule has 2 aromatic heterocycles. The summed E-state index contributed by atoms with van der Waals surface area (Å²) in [6.45, 7) is 4.85. The SMILES string of the molecule is CCCn1c(SCc2ccc(C)cc2)nc2c(-c3ccccc3)cn(C)c2c1=O. The first kappa shape index (κ1) is 19.5. The third kappa shape index (κ3) is 3.87. The van der Waals surface area contributed by atoms with Crippen LogP contribution in [0.3, 0.4) is 0 Å². The summed E-state index contributed by atoms with van der Waals surface area (Å²) in [6, 6.07) is 18.7. The van der Waals surface area contributed by atoms with Crippen LogP contribution in [0.4, 0.5) is 0 Å². The number of rotatable bonds is 6. The maximum Gasteiger partial charge on any atom is 0.278 e. The number of hydrogen-bond acceptors (Lipinski definition) is 3. The average molecular weight is 404 g/mol. The zero-order chi connectivity index (χ0) is 20.4. The Hall–Kier alpha value is -2.79. The molecule has 0 aliphatic rings. The molecule has 0 fully saturated rings. The summed E-state index contributed by atoms with van der Waals surface area (Å²) < 4.78 is 3.74. The van der Waals surface area contributed by atoms with E-state index < -0.39 is 0 Å². The van der Waals surface area contributed by atoms with Crippen LogP contribution < -0.4 is 5.56 Å². The van der Waals surface area contributed by atoms with Crippen LogP contribution in [0.2, 0.25) is 0 Å². The summed E-state index contributed by atoms with van der Waals surface area (Å²) in [5.74, 6) is 0.787. The lowest BCUT2D eigenvalue weighted by molar-refractivity contribution is 0.582. The second-order valence-electron chi connectivity index (χ2n) is 7.34. The summed E-state index contributed by atoms with van der Waals surface area (Å²) >= 11 is 1.63. The monoisotopic (exact) mass is 403 g/mol. The third-order valence-electron chi connectivity index (χ3n) is 5.06. The second-order valence-corrected chi connectivity index (χ2v) is 8.28. The average Bonchev–Trinajstić information content (AvgIpc) is 3.07. The van der Waals surface area contributed by atoms with Crippen LogP contribution >= 0.6 is 11.8 Å². The smallest absolute Gasteiger partial charge is 0.278 e. The maximum absolute atomic E-state index is 13.3. The van der Waals surface area contributed by atoms with Gasteiger partial charge in [0, 0.05) is 31.1 Å². The number of nitrogens with zero attached hydrogens (tertiary/aromatic N) is 3. The van der Waals surface area contributed by atoms with Gasteiger partial charge in [-0.1, -0.05) is 78.8 Å². The molecule has 29 heavy (non-hydrogen) atoms. The van der Waals surface area contributed by atoms with Gasteiger partial charge in [-0.25, -0.2) is 4.98 Å². The molecule has 0 bridgehead atoms. The molecule has 0 amide bonds. The van der Waals surface area contributed by atoms with Crippen LogP contribution in [0.25, 0.3) is 22.2 Å². The molecule has 4 aromatic rings. The van der Waals surface area contributed by atoms with Crippen molar-refractivity contribution in [2.75, 3.05) is 0 Å². The fourth-order valence-electron chi connectivity index (χ4n) is 3.54. The Labute approximate surface area is 175 Å². The van der Waals surface area contributed by atoms with Crippen LogP contribution in [-0.2, 0) is 19.3 Å². The Morgan fingerprint density at radius 2 is 1.76 bits per heavy atom. The van der Waals surface area contributed by atoms with Crippen molar-refractivity contribution >= 4 is 22.8 Å². The number of fused-ring (bicyclic) bond motifs is 1. The van der Waals surface area contributed by atoms with Gasteiger partial charge >= 0.3 is 0 Å². The fraction of sp³-hybridized carbons (Fsp3) is 0.250. The van der Waals surface area contributed by atoms with Crippen molar-refractivity contribution < 1.29 is 0 Å². The van der Waals surface area contributed by atoms with Crippen LogP contribution in [-0.4, -0.2) is 14.1 Å². The number of hydrogen-bond donors (Lipinski definition) is 0. The molecule has 5 heteroatoms. The number of aryl methyl sites for hydroxylation is 2. The van der Waals surface area contributed by atoms with E-state index in [2.05, 4.69) is 50.2 Å². The molecule has 0 unspecified atom stereocenters. The second kappa shape index (κ2) is 8.29. The summed E-state index contributed by atoms with van der Waals surface area (Å²) in [6.07, 6.45) is 2.90. The van der Waals surface area contributed by atoms with E-state index in [9.17, 15) is 4.79 Å². The highest BCUT2D eigenvalue weighted by atomic mass is 32.2. The van der Waals surface area contributed by atoms with Gasteiger partial charge in [-0.3, -0.25) is 9.36 Å². The first-order valence-electron chi connectivity index (χ1n) is 9.92. The lowest BCUT2D eigenvalue weighted by atomic mass is 10.1. The lowest BCUT2D eigenvalue weighted by Crippen LogP contribution is -2.24. The summed E-state index contributed by atoms with van der Waals surface area (Å²) in [5.41, 5.74) is 6.04. The lowest BCUT2D eigenvalue weighted by Gasteiger charge is -2.12. The van der Waals surface area contributed by atoms with E-state index in [1.807, 2.05) is 40.6 Å². The molecule has 2 aromatic carbocycles. The molecular formula is C24H25N3OS. The van der Waals surface area contributed by atoms with Crippen LogP contribution in [0.5, 0.6) is 0 Å². The highest BCUT2D eigenvalue weighted by molar-refractivity contribution is 7.98. The van der Waals surface area contributed by atoms with E-state index >= 15 is 0 Å². The minimum atomic E-state index is 0.0351. The number of thioether (sulfide) groups is 1. The molecule has 0 atom stereocenters. The molecule has 0 N–H and O–H groups in total. The number of benzene rings is 2. The van der Waals surface area contributed by atoms with Crippen molar-refractivity contribution in [2.24, 2.45) is 7.05 Å². The molecule has 2 heterocycles. The van der Waals surface area contributed by atoms with Gasteiger partial charge in [0.1, 0.15) is 11.0 Å². The Bertz CT molecular complexity index is 1190. The Morgan fingerprint density at radius 1 is 1.03 bits per heavy atom. The van der Waals surface area contributed by atoms with Gasteiger partial charge < -0.3 is 4.57 Å². The Kier molecular flexibility index (Phi) is 5.58. The molecule has 0 spiro atoms. The summed E-state index contributed by atoms with van der Waals surface area (Å²) in [5, 5.41) is 0.785. The third-order valence-corrected chi connectivity index (χ3v) is 6.11. The van der Waals surface area contributed by atoms with Crippen molar-refractivity contribution in [3.05, 3.63) is 82.3 Å². The van der Waals surface area contributed by atoms with Gasteiger partial charge in [0.25, 0.3) is 5.56 Å². The molecule has 0 saturated carbocycles. The van der Waals surface area contributed by atoms with Crippen molar-refractivity contribution in [1.29, 1.82) is 0 Å². The van der Waals surface area contributed by atoms with Crippen molar-refractivity contribution in [2.45, 2.75) is 37.7 Å². The van der Waals surface area contributed by atoms with Crippen molar-refractivity contribution in [3.8, 4) is 11.1 Å². The van der Waals surface area contributed by atoms with E-state index in [1.54, 1.807) is 11.8 Å². The summed E-state index contributed by atoms with van der Waals surface area (Å²) in [4.78, 5) is 18.3. The fourth-order valence-corrected chi connectivity index (χ4v) is 4.52. The molecular weight excluding hydrogens is 378 g/mol. The zero-order valence-corrected chi connectivity index (χ0v) is 17.9. The van der Waals surface area contributed by atoms with Gasteiger partial charge in [0.2, 0.25) is 0 Å². The van der Waals surface area contributed by atoms with E-state index in [0.29, 0.717) is 12.1 Å². The van der Waals surface area contributed by atoms with Gasteiger partial charge in [0.05, 0.1) is 0 Å². The topological polar surface area (TPSA) is 39.8 Å². The van der Waals surface area contributed by atoms with E-state index in [-0.39, 0.29) is 5.56 Å². The molecule has 0 radical (unpaired) electrons. The Balaban J connectivity index is 1.82. The zero-order valence-electron chi connectivity index (χ0n) is 17.1. The van der Waals surface area contributed by atoms with Crippen LogP contribution in [0, 0.1) is 6.92 Å². The van der Waals surface area contributed by atoms with Gasteiger partial charge in [-0.2, -0.15) is 0 Å². The minimum absolute atomic E-state index is 0.0351. The molecule has 4 nitrogen and oxygen atoms in total. The molecule has 0 aliphatic heterocycles. The normalized spacial score (nSPS) is 11.3. The minimum Gasteiger partial charge on any atom is -0.344 e. The van der Waals surface area contributed by atoms with Gasteiger partial charge in [-0.05, 0) is 24.5 Å². The standard InChI is InChI=1S/C24H25N3OS/c1-4-14-27-23(28)22-21(20(15-26(22)3)19-8-6-5-7-9-19)25-24(27)29-16-18-12-10-17(2)11-13-18/h5-13,15H,4,14,16H2,1-3H3. The highest BCUT2D eigenvalue weighted by Gasteiger charge is 2.18. The van der Waals surface area contributed by atoms with Crippen LogP contribution in [0.1, 0.15) is 24.5 Å². The van der Waals surface area contributed by atoms with Gasteiger partial charge in [-0.15, -0.1) is 0 Å². The summed E-state index contributed by atoms with van der Waals surface area (Å²) in [7, 11) is 1.92. The first-order chi connectivity index (χ1) is 14.1. The van der Waals surface area contributed by atoms with Crippen molar-refractivity contribution in [1.82, 2.24) is 14.1 Å². The molecule has 4 rings (SSSR count). The predicted molar refractivity (Wildman–Crippen MR) is 121 cm³/mol. The van der Waals surface area contributed by atoms with Gasteiger partial charge in [0.15, 0.2) is 5.16 Å². The quantitative estimate of drug-likeness (QED) is 0.319. The highest BCUT2D eigenvalue weighted by Crippen LogP contribution is 2.30. The predicted octanol–water partition coefficient (Wildman–Crippen LogP) is 5.41. The maximum atomic E-state index is 13.3. The van der Waals surface area contributed by atoms with Crippen LogP contribution in [0.15, 0.2) is 70.7 Å². The largest absolute Gasteiger partial charge is 0.344 e. The number of aromatic nitrogens is 3. The molecule has 0 saturated heterocycles. The first-order valence-corrected chi connectivity index (χ1v) is 10.9.